The molecule has 0 radical (unpaired) electrons. The van der Waals surface area contributed by atoms with Gasteiger partial charge in [0.15, 0.2) is 11.6 Å². The molecule has 9 N–H and O–H groups in total. The highest BCUT2D eigenvalue weighted by Crippen LogP contribution is 2.41. The summed E-state index contributed by atoms with van der Waals surface area (Å²) in [5, 5.41) is 88.4. The average Bonchev–Trinajstić information content (AvgIpc) is 3.04. The van der Waals surface area contributed by atoms with Crippen LogP contribution in [0.4, 0.5) is 0 Å². The quantitative estimate of drug-likeness (QED) is 0.203. The third-order valence-corrected chi connectivity index (χ3v) is 9.23. The first-order valence-corrected chi connectivity index (χ1v) is 15.2. The number of phenolic OH excluding ortho intramolecular Hbond substituents is 2. The van der Waals surface area contributed by atoms with Crippen LogP contribution in [0.15, 0.2) is 47.2 Å². The summed E-state index contributed by atoms with van der Waals surface area (Å²) in [7, 11) is 0. The van der Waals surface area contributed by atoms with Crippen molar-refractivity contribution in [2.45, 2.75) is 72.1 Å². The van der Waals surface area contributed by atoms with Gasteiger partial charge in [0.1, 0.15) is 11.5 Å². The summed E-state index contributed by atoms with van der Waals surface area (Å²) in [4.78, 5) is 53.5. The molecule has 47 heavy (non-hydrogen) atoms. The second-order valence-corrected chi connectivity index (χ2v) is 12.5. The smallest absolute Gasteiger partial charge is 0.254 e. The van der Waals surface area contributed by atoms with Crippen molar-refractivity contribution in [3.05, 3.63) is 69.5 Å². The molecule has 13 nitrogen and oxygen atoms in total. The van der Waals surface area contributed by atoms with Gasteiger partial charge in [-0.2, -0.15) is 0 Å². The van der Waals surface area contributed by atoms with Crippen molar-refractivity contribution in [2.75, 3.05) is 6.61 Å². The van der Waals surface area contributed by atoms with Gasteiger partial charge in [-0.1, -0.05) is 45.9 Å². The van der Waals surface area contributed by atoms with E-state index >= 15 is 0 Å². The van der Waals surface area contributed by atoms with Crippen LogP contribution in [-0.2, 0) is 4.79 Å². The van der Waals surface area contributed by atoms with Crippen LogP contribution in [0.5, 0.6) is 11.5 Å². The van der Waals surface area contributed by atoms with Crippen molar-refractivity contribution in [3.8, 4) is 11.5 Å². The van der Waals surface area contributed by atoms with Gasteiger partial charge in [0.2, 0.25) is 5.78 Å². The number of carbonyl (C=O) groups is 4. The monoisotopic (exact) mass is 657 g/mol. The first-order chi connectivity index (χ1) is 21.9. The first kappa shape index (κ1) is 37.5. The molecule has 256 valence electrons. The average molecular weight is 658 g/mol. The zero-order valence-corrected chi connectivity index (χ0v) is 27.0. The molecule has 13 heteroatoms. The Morgan fingerprint density at radius 1 is 0.723 bits per heavy atom. The minimum absolute atomic E-state index is 0.244. The van der Waals surface area contributed by atoms with E-state index in [9.17, 15) is 60.0 Å². The van der Waals surface area contributed by atoms with Gasteiger partial charge in [0.05, 0.1) is 59.5 Å². The predicted octanol–water partition coefficient (Wildman–Crippen LogP) is 0.752. The molecule has 3 aliphatic rings. The predicted molar refractivity (Wildman–Crippen MR) is 168 cm³/mol. The number of Topliss-reactive ketones (excluding diaryl/α,β-unsaturated/α-hetero) is 2. The van der Waals surface area contributed by atoms with Gasteiger partial charge < -0.3 is 46.2 Å². The maximum absolute atomic E-state index is 13.6. The Morgan fingerprint density at radius 2 is 1.23 bits per heavy atom. The summed E-state index contributed by atoms with van der Waals surface area (Å²) >= 11 is 0. The largest absolute Gasteiger partial charge is 0.507 e. The molecular formula is C34H43NO12. The maximum Gasteiger partial charge on any atom is 0.254 e. The second-order valence-electron chi connectivity index (χ2n) is 12.5. The highest BCUT2D eigenvalue weighted by Gasteiger charge is 2.40. The Labute approximate surface area is 271 Å². The van der Waals surface area contributed by atoms with Crippen LogP contribution in [0.25, 0.3) is 0 Å². The van der Waals surface area contributed by atoms with Gasteiger partial charge in [0, 0.05) is 40.9 Å². The summed E-state index contributed by atoms with van der Waals surface area (Å²) in [6.45, 7) is 7.74. The van der Waals surface area contributed by atoms with E-state index in [0.717, 1.165) is 6.08 Å². The highest BCUT2D eigenvalue weighted by atomic mass is 16.3. The van der Waals surface area contributed by atoms with E-state index in [2.05, 4.69) is 5.32 Å². The SMILES string of the molecule is C/C1=C/[C@@H](O)[C@H](O)[C@H](C)[C@@H](O)[C@@H](C)[C@@H](O)[C@H](C)[C@@H](O)[C@@H](C)/C=C/C=C(/CO)C(=O)NC2=CC(=O)c3c(c(O)c(C)c(O)c3C1=O)C2=O. The third kappa shape index (κ3) is 7.30. The fraction of sp³-hybridized carbons (Fsp3) is 0.471. The molecule has 2 heterocycles. The molecule has 0 unspecified atom stereocenters. The normalized spacial score (nSPS) is 34.6. The Balaban J connectivity index is 2.22. The van der Waals surface area contributed by atoms with Crippen LogP contribution >= 0.6 is 0 Å². The lowest BCUT2D eigenvalue weighted by atomic mass is 9.78. The lowest BCUT2D eigenvalue weighted by Crippen LogP contribution is -2.46. The number of aromatic hydroxyl groups is 2. The van der Waals surface area contributed by atoms with Crippen molar-refractivity contribution < 1.29 is 60.0 Å². The number of hydrogen-bond acceptors (Lipinski definition) is 12. The molecule has 2 aliphatic heterocycles. The summed E-state index contributed by atoms with van der Waals surface area (Å²) in [5.41, 5.74) is -3.37. The summed E-state index contributed by atoms with van der Waals surface area (Å²) in [6.07, 6.45) is -1.50. The van der Waals surface area contributed by atoms with Gasteiger partial charge >= 0.3 is 0 Å². The maximum atomic E-state index is 13.6. The summed E-state index contributed by atoms with van der Waals surface area (Å²) in [5.74, 6) is -9.08. The lowest BCUT2D eigenvalue weighted by molar-refractivity contribution is -0.117. The first-order valence-electron chi connectivity index (χ1n) is 15.2. The minimum atomic E-state index is -1.76. The van der Waals surface area contributed by atoms with Crippen LogP contribution in [0, 0.1) is 30.6 Å². The molecule has 0 saturated carbocycles. The number of nitrogens with one attached hydrogen (secondary N) is 1. The number of hydrogen-bond donors (Lipinski definition) is 9. The fourth-order valence-electron chi connectivity index (χ4n) is 5.88. The molecule has 0 spiro atoms. The zero-order chi connectivity index (χ0) is 35.7. The molecule has 0 aromatic heterocycles. The van der Waals surface area contributed by atoms with Crippen molar-refractivity contribution in [3.63, 3.8) is 0 Å². The number of aliphatic hydroxyl groups is 6. The van der Waals surface area contributed by atoms with E-state index < -0.39 is 118 Å². The number of benzene rings is 1. The van der Waals surface area contributed by atoms with Gasteiger partial charge in [-0.3, -0.25) is 19.2 Å². The summed E-state index contributed by atoms with van der Waals surface area (Å²) in [6, 6.07) is 0. The number of carbonyl (C=O) groups excluding carboxylic acids is 4. The zero-order valence-electron chi connectivity index (χ0n) is 27.0. The number of allylic oxidation sites excluding steroid dienone is 5. The molecule has 4 bridgehead atoms. The Morgan fingerprint density at radius 3 is 1.79 bits per heavy atom. The summed E-state index contributed by atoms with van der Waals surface area (Å²) < 4.78 is 0. The van der Waals surface area contributed by atoms with Crippen LogP contribution < -0.4 is 5.32 Å². The van der Waals surface area contributed by atoms with Crippen molar-refractivity contribution in [2.24, 2.45) is 23.7 Å². The Bertz CT molecular complexity index is 1570. The highest BCUT2D eigenvalue weighted by molar-refractivity contribution is 6.31. The molecule has 0 fully saturated rings. The topological polar surface area (TPSA) is 242 Å². The van der Waals surface area contributed by atoms with Crippen LogP contribution in [0.2, 0.25) is 0 Å². The van der Waals surface area contributed by atoms with E-state index in [1.165, 1.54) is 45.9 Å². The molecule has 4 rings (SSSR count). The fourth-order valence-corrected chi connectivity index (χ4v) is 5.88. The van der Waals surface area contributed by atoms with Gasteiger partial charge in [-0.05, 0) is 25.5 Å². The number of ketones is 3. The van der Waals surface area contributed by atoms with E-state index in [0.29, 0.717) is 6.08 Å². The number of phenols is 2. The van der Waals surface area contributed by atoms with E-state index in [1.54, 1.807) is 13.8 Å². The van der Waals surface area contributed by atoms with E-state index in [-0.39, 0.29) is 16.7 Å². The van der Waals surface area contributed by atoms with E-state index in [4.69, 9.17) is 0 Å². The standard InChI is InChI=1S/C34H43NO12/c1-13-8-7-9-19(12-36)34(47)35-20-11-21(37)23-24(31(44)18(6)32(45)25(23)33(20)46)27(40)14(2)10-22(38)30(43)17(5)29(42)16(4)28(41)15(3)26(13)39/h7-11,13,15-17,22,26,28-30,36,38-39,41-45H,12H2,1-6H3,(H,35,47)/b8-7+,14-10-,19-9-/t13-,15+,16-,17+,22+,26-,28-,29-,30+/m0/s1. The molecular weight excluding hydrogens is 614 g/mol. The Hall–Kier alpha value is -3.98. The van der Waals surface area contributed by atoms with Gasteiger partial charge in [0.25, 0.3) is 5.91 Å². The minimum Gasteiger partial charge on any atom is -0.507 e. The number of rotatable bonds is 1. The van der Waals surface area contributed by atoms with E-state index in [1.807, 2.05) is 0 Å². The van der Waals surface area contributed by atoms with Crippen molar-refractivity contribution in [1.82, 2.24) is 5.32 Å². The lowest BCUT2D eigenvalue weighted by Gasteiger charge is -2.36. The third-order valence-electron chi connectivity index (χ3n) is 9.23. The molecule has 9 atom stereocenters. The second kappa shape index (κ2) is 14.8. The van der Waals surface area contributed by atoms with Crippen molar-refractivity contribution in [1.29, 1.82) is 0 Å². The Kier molecular flexibility index (Phi) is 11.8. The van der Waals surface area contributed by atoms with Gasteiger partial charge in [-0.25, -0.2) is 0 Å². The molecule has 1 amide bonds. The number of amides is 1. The number of aliphatic hydroxyl groups excluding tert-OH is 6. The van der Waals surface area contributed by atoms with Gasteiger partial charge in [-0.15, -0.1) is 0 Å². The molecule has 0 saturated heterocycles. The molecule has 1 aromatic rings. The number of fused-ring (bicyclic) bond motifs is 15. The van der Waals surface area contributed by atoms with Crippen LogP contribution in [0.3, 0.4) is 0 Å². The van der Waals surface area contributed by atoms with Crippen LogP contribution in [0.1, 0.15) is 71.3 Å². The van der Waals surface area contributed by atoms with Crippen LogP contribution in [-0.4, -0.2) is 101 Å². The molecule has 1 aliphatic carbocycles. The molecule has 1 aromatic carbocycles. The van der Waals surface area contributed by atoms with Crippen molar-refractivity contribution >= 4 is 23.3 Å².